The fourth-order valence-corrected chi connectivity index (χ4v) is 4.59. The van der Waals surface area contributed by atoms with Crippen molar-refractivity contribution in [2.45, 2.75) is 19.0 Å². The number of pyridine rings is 2. The zero-order valence-corrected chi connectivity index (χ0v) is 22.0. The van der Waals surface area contributed by atoms with Crippen molar-refractivity contribution in [3.05, 3.63) is 112 Å². The van der Waals surface area contributed by atoms with Crippen LogP contribution in [0.3, 0.4) is 0 Å². The largest absolute Gasteiger partial charge is 0.496 e. The molecule has 4 aromatic rings. The van der Waals surface area contributed by atoms with E-state index in [-0.39, 0.29) is 41.9 Å². The van der Waals surface area contributed by atoms with Crippen LogP contribution in [0, 0.1) is 5.82 Å². The van der Waals surface area contributed by atoms with E-state index in [1.54, 1.807) is 54.7 Å². The van der Waals surface area contributed by atoms with Gasteiger partial charge in [-0.3, -0.25) is 19.4 Å². The molecule has 9 nitrogen and oxygen atoms in total. The number of ether oxygens (including phenoxy) is 1. The summed E-state index contributed by atoms with van der Waals surface area (Å²) >= 11 is 6.14. The number of carbonyl (C=O) groups is 3. The lowest BCUT2D eigenvalue weighted by atomic mass is 10.0. The number of carbonyl (C=O) groups excluding carboxylic acids is 3. The molecule has 1 atom stereocenters. The maximum absolute atomic E-state index is 13.8. The first-order valence-corrected chi connectivity index (χ1v) is 12.6. The standard InChI is InChI=1S/C29H23ClFN5O4/c1-40-25-12-17(5-8-22(25)27(37)35-26-10-7-19(31)15-33-26)16-36-24(14-20-4-2-3-11-32-20)28(38)34-23-13-18(30)6-9-21(23)29(36)39/h2-13,15,24H,14,16H2,1H3,(H,34,38)(H,33,35,37)/t24-/m1/s1. The van der Waals surface area contributed by atoms with Crippen LogP contribution < -0.4 is 15.4 Å². The topological polar surface area (TPSA) is 114 Å². The quantitative estimate of drug-likeness (QED) is 0.338. The number of nitrogens with one attached hydrogen (secondary N) is 2. The van der Waals surface area contributed by atoms with E-state index in [2.05, 4.69) is 20.6 Å². The molecule has 0 saturated carbocycles. The second-order valence-corrected chi connectivity index (χ2v) is 9.44. The van der Waals surface area contributed by atoms with Crippen LogP contribution in [0.15, 0.2) is 79.1 Å². The Kier molecular flexibility index (Phi) is 7.70. The van der Waals surface area contributed by atoms with Gasteiger partial charge in [-0.25, -0.2) is 9.37 Å². The molecule has 11 heteroatoms. The van der Waals surface area contributed by atoms with E-state index in [9.17, 15) is 18.8 Å². The lowest BCUT2D eigenvalue weighted by Crippen LogP contribution is -2.46. The third-order valence-corrected chi connectivity index (χ3v) is 6.61. The highest BCUT2D eigenvalue weighted by Gasteiger charge is 2.36. The smallest absolute Gasteiger partial charge is 0.260 e. The number of anilines is 2. The summed E-state index contributed by atoms with van der Waals surface area (Å²) in [5.41, 5.74) is 2.11. The molecular formula is C29H23ClFN5O4. The van der Waals surface area contributed by atoms with Gasteiger partial charge in [0.25, 0.3) is 11.8 Å². The third-order valence-electron chi connectivity index (χ3n) is 6.37. The maximum atomic E-state index is 13.8. The summed E-state index contributed by atoms with van der Waals surface area (Å²) in [5.74, 6) is -1.36. The summed E-state index contributed by atoms with van der Waals surface area (Å²) < 4.78 is 18.6. The van der Waals surface area contributed by atoms with Gasteiger partial charge >= 0.3 is 0 Å². The van der Waals surface area contributed by atoms with Crippen LogP contribution in [0.25, 0.3) is 0 Å². The molecule has 40 heavy (non-hydrogen) atoms. The van der Waals surface area contributed by atoms with Crippen molar-refractivity contribution in [1.82, 2.24) is 14.9 Å². The van der Waals surface area contributed by atoms with Crippen LogP contribution in [0.2, 0.25) is 5.02 Å². The highest BCUT2D eigenvalue weighted by molar-refractivity contribution is 6.31. The van der Waals surface area contributed by atoms with E-state index in [0.717, 1.165) is 6.20 Å². The van der Waals surface area contributed by atoms with Gasteiger partial charge in [0.15, 0.2) is 0 Å². The molecule has 3 amide bonds. The number of fused-ring (bicyclic) bond motifs is 1. The number of aromatic nitrogens is 2. The molecule has 0 bridgehead atoms. The zero-order valence-electron chi connectivity index (χ0n) is 21.2. The van der Waals surface area contributed by atoms with Crippen molar-refractivity contribution in [3.63, 3.8) is 0 Å². The average Bonchev–Trinajstić information content (AvgIpc) is 3.04. The second kappa shape index (κ2) is 11.5. The monoisotopic (exact) mass is 559 g/mol. The molecule has 202 valence electrons. The molecule has 0 aliphatic carbocycles. The molecule has 0 spiro atoms. The molecule has 0 saturated heterocycles. The number of amides is 3. The molecule has 2 aromatic heterocycles. The average molecular weight is 560 g/mol. The summed E-state index contributed by atoms with van der Waals surface area (Å²) in [6.07, 6.45) is 2.81. The first kappa shape index (κ1) is 26.8. The Morgan fingerprint density at radius 2 is 1.95 bits per heavy atom. The lowest BCUT2D eigenvalue weighted by molar-refractivity contribution is -0.120. The van der Waals surface area contributed by atoms with Gasteiger partial charge in [-0.05, 0) is 60.2 Å². The number of methoxy groups -OCH3 is 1. The normalized spacial score (nSPS) is 14.7. The SMILES string of the molecule is COc1cc(CN2C(=O)c3ccc(Cl)cc3NC(=O)[C@H]2Cc2ccccn2)ccc1C(=O)Nc1ccc(F)cn1. The highest BCUT2D eigenvalue weighted by atomic mass is 35.5. The Bertz CT molecular complexity index is 1580. The molecule has 2 aromatic carbocycles. The molecular weight excluding hydrogens is 537 g/mol. The van der Waals surface area contributed by atoms with Crippen LogP contribution in [-0.2, 0) is 17.8 Å². The number of hydrogen-bond donors (Lipinski definition) is 2. The van der Waals surface area contributed by atoms with Gasteiger partial charge in [0.05, 0.1) is 30.1 Å². The Hall–Kier alpha value is -4.83. The van der Waals surface area contributed by atoms with E-state index in [4.69, 9.17) is 16.3 Å². The van der Waals surface area contributed by atoms with Crippen molar-refractivity contribution in [2.24, 2.45) is 0 Å². The van der Waals surface area contributed by atoms with Gasteiger partial charge in [-0.1, -0.05) is 23.7 Å². The molecule has 0 radical (unpaired) electrons. The predicted octanol–water partition coefficient (Wildman–Crippen LogP) is 4.74. The summed E-state index contributed by atoms with van der Waals surface area (Å²) in [7, 11) is 1.42. The zero-order chi connectivity index (χ0) is 28.2. The van der Waals surface area contributed by atoms with Crippen molar-refractivity contribution < 1.29 is 23.5 Å². The number of rotatable bonds is 7. The first-order valence-electron chi connectivity index (χ1n) is 12.2. The van der Waals surface area contributed by atoms with Crippen LogP contribution in [-0.4, -0.2) is 45.7 Å². The van der Waals surface area contributed by atoms with E-state index in [1.807, 2.05) is 6.07 Å². The van der Waals surface area contributed by atoms with Crippen LogP contribution in [0.1, 0.15) is 32.0 Å². The van der Waals surface area contributed by atoms with Crippen molar-refractivity contribution in [2.75, 3.05) is 17.7 Å². The number of halogens is 2. The van der Waals surface area contributed by atoms with Crippen LogP contribution in [0.4, 0.5) is 15.9 Å². The fraction of sp³-hybridized carbons (Fsp3) is 0.138. The number of benzene rings is 2. The Morgan fingerprint density at radius 1 is 1.10 bits per heavy atom. The van der Waals surface area contributed by atoms with E-state index < -0.39 is 17.8 Å². The Morgan fingerprint density at radius 3 is 2.67 bits per heavy atom. The van der Waals surface area contributed by atoms with Crippen molar-refractivity contribution >= 4 is 40.8 Å². The third kappa shape index (κ3) is 5.76. The molecule has 2 N–H and O–H groups in total. The first-order chi connectivity index (χ1) is 19.3. The fourth-order valence-electron chi connectivity index (χ4n) is 4.41. The minimum atomic E-state index is -0.882. The van der Waals surface area contributed by atoms with Crippen LogP contribution in [0.5, 0.6) is 5.75 Å². The Labute approximate surface area is 234 Å². The molecule has 0 unspecified atom stereocenters. The molecule has 1 aliphatic heterocycles. The van der Waals surface area contributed by atoms with Gasteiger partial charge < -0.3 is 20.3 Å². The number of hydrogen-bond acceptors (Lipinski definition) is 6. The summed E-state index contributed by atoms with van der Waals surface area (Å²) in [6, 6.07) is 16.6. The van der Waals surface area contributed by atoms with Crippen LogP contribution >= 0.6 is 11.6 Å². The second-order valence-electron chi connectivity index (χ2n) is 9.00. The van der Waals surface area contributed by atoms with Gasteiger partial charge in [0.1, 0.15) is 23.4 Å². The van der Waals surface area contributed by atoms with Gasteiger partial charge in [-0.15, -0.1) is 0 Å². The van der Waals surface area contributed by atoms with Crippen molar-refractivity contribution in [3.8, 4) is 5.75 Å². The highest BCUT2D eigenvalue weighted by Crippen LogP contribution is 2.30. The predicted molar refractivity (Wildman–Crippen MR) is 147 cm³/mol. The molecule has 0 fully saturated rings. The molecule has 5 rings (SSSR count). The van der Waals surface area contributed by atoms with Gasteiger partial charge in [-0.2, -0.15) is 0 Å². The maximum Gasteiger partial charge on any atom is 0.260 e. The van der Waals surface area contributed by atoms with Crippen molar-refractivity contribution in [1.29, 1.82) is 0 Å². The molecule has 1 aliphatic rings. The van der Waals surface area contributed by atoms with Gasteiger partial charge in [0.2, 0.25) is 5.91 Å². The minimum absolute atomic E-state index is 0.0452. The minimum Gasteiger partial charge on any atom is -0.496 e. The van der Waals surface area contributed by atoms with Gasteiger partial charge in [0, 0.05) is 29.9 Å². The summed E-state index contributed by atoms with van der Waals surface area (Å²) in [4.78, 5) is 49.7. The van der Waals surface area contributed by atoms with E-state index >= 15 is 0 Å². The summed E-state index contributed by atoms with van der Waals surface area (Å²) in [6.45, 7) is 0.0452. The van der Waals surface area contributed by atoms with E-state index in [1.165, 1.54) is 24.1 Å². The van der Waals surface area contributed by atoms with E-state index in [0.29, 0.717) is 27.5 Å². The lowest BCUT2D eigenvalue weighted by Gasteiger charge is -2.29. The Balaban J connectivity index is 1.46. The molecule has 3 heterocycles. The number of nitrogens with zero attached hydrogens (tertiary/aromatic N) is 3. The summed E-state index contributed by atoms with van der Waals surface area (Å²) in [5, 5.41) is 5.82.